The zero-order valence-electron chi connectivity index (χ0n) is 27.4. The summed E-state index contributed by atoms with van der Waals surface area (Å²) >= 11 is 0. The molecule has 6 rings (SSSR count). The van der Waals surface area contributed by atoms with Crippen molar-refractivity contribution in [1.29, 1.82) is 0 Å². The van der Waals surface area contributed by atoms with Crippen LogP contribution in [-0.4, -0.2) is 4.98 Å². The average Bonchev–Trinajstić information content (AvgIpc) is 2.97. The van der Waals surface area contributed by atoms with Crippen LogP contribution in [0.5, 0.6) is 0 Å². The molecule has 0 spiro atoms. The Morgan fingerprint density at radius 2 is 1.18 bits per heavy atom. The first kappa shape index (κ1) is 19.2. The minimum atomic E-state index is -0.380. The first-order valence-corrected chi connectivity index (χ1v) is 13.5. The van der Waals surface area contributed by atoms with Gasteiger partial charge < -0.3 is 0 Å². The number of pyridine rings is 1. The second kappa shape index (κ2) is 10.1. The van der Waals surface area contributed by atoms with Crippen LogP contribution in [0.2, 0.25) is 0 Å². The topological polar surface area (TPSA) is 12.9 Å². The third-order valence-electron chi connectivity index (χ3n) is 7.16. The van der Waals surface area contributed by atoms with Crippen molar-refractivity contribution in [2.24, 2.45) is 11.8 Å². The number of nitrogens with zero attached hydrogens (tertiary/aromatic N) is 1. The van der Waals surface area contributed by atoms with E-state index in [0.29, 0.717) is 17.4 Å². The molecule has 38 heavy (non-hydrogen) atoms. The summed E-state index contributed by atoms with van der Waals surface area (Å²) in [6, 6.07) is 21.9. The molecule has 1 aromatic heterocycles. The molecule has 6 aromatic rings. The van der Waals surface area contributed by atoms with E-state index in [0.717, 1.165) is 56.4 Å². The van der Waals surface area contributed by atoms with Gasteiger partial charge in [0.05, 0.1) is 12.5 Å². The van der Waals surface area contributed by atoms with E-state index >= 15 is 0 Å². The Balaban J connectivity index is 1.51. The van der Waals surface area contributed by atoms with Crippen LogP contribution in [0.25, 0.3) is 54.7 Å². The Labute approximate surface area is 233 Å². The van der Waals surface area contributed by atoms with Gasteiger partial charge in [-0.15, -0.1) is 0 Å². The number of fused-ring (bicyclic) bond motifs is 5. The van der Waals surface area contributed by atoms with E-state index in [9.17, 15) is 0 Å². The van der Waals surface area contributed by atoms with Gasteiger partial charge in [0.2, 0.25) is 0 Å². The van der Waals surface area contributed by atoms with Gasteiger partial charge in [0.15, 0.2) is 0 Å². The average molecular weight is 499 g/mol. The van der Waals surface area contributed by atoms with Crippen molar-refractivity contribution in [2.75, 3.05) is 0 Å². The molecule has 0 bridgehead atoms. The molecule has 0 amide bonds. The highest BCUT2D eigenvalue weighted by atomic mass is 14.7. The van der Waals surface area contributed by atoms with Gasteiger partial charge in [-0.25, -0.2) is 0 Å². The molecule has 1 nitrogen and oxygen atoms in total. The van der Waals surface area contributed by atoms with Gasteiger partial charge in [-0.05, 0) is 98.1 Å². The van der Waals surface area contributed by atoms with Crippen LogP contribution < -0.4 is 0 Å². The lowest BCUT2D eigenvalue weighted by atomic mass is 9.91. The molecule has 0 radical (unpaired) electrons. The van der Waals surface area contributed by atoms with Gasteiger partial charge in [0.1, 0.15) is 0 Å². The maximum absolute atomic E-state index is 8.41. The zero-order chi connectivity index (χ0) is 30.6. The van der Waals surface area contributed by atoms with Crippen molar-refractivity contribution < 1.29 is 6.85 Å². The van der Waals surface area contributed by atoms with Crippen LogP contribution in [0, 0.1) is 11.8 Å². The van der Waals surface area contributed by atoms with Crippen molar-refractivity contribution in [2.45, 2.75) is 40.5 Å². The van der Waals surface area contributed by atoms with Crippen molar-refractivity contribution in [3.63, 3.8) is 0 Å². The Bertz CT molecular complexity index is 1990. The maximum Gasteiger partial charge on any atom is 0.0780 e. The second-order valence-corrected chi connectivity index (χ2v) is 11.2. The predicted molar refractivity (Wildman–Crippen MR) is 165 cm³/mol. The van der Waals surface area contributed by atoms with E-state index in [1.165, 1.54) is 11.1 Å². The number of rotatable bonds is 6. The quantitative estimate of drug-likeness (QED) is 0.208. The van der Waals surface area contributed by atoms with Crippen LogP contribution in [0.4, 0.5) is 0 Å². The third-order valence-corrected chi connectivity index (χ3v) is 7.16. The molecule has 0 fully saturated rings. The van der Waals surface area contributed by atoms with E-state index in [1.54, 1.807) is 0 Å². The SMILES string of the molecule is [2H]c1c([2H])c([2H])c(-c2ccc3c(ccc4c5ccnc(-c6cc(CC(C)C)cc(CC(C)C)c6)c5ccc34)c2)c([2H])c1[2H]. The summed E-state index contributed by atoms with van der Waals surface area (Å²) in [5.41, 5.74) is 5.68. The lowest BCUT2D eigenvalue weighted by molar-refractivity contribution is 0.636. The first-order valence-electron chi connectivity index (χ1n) is 16.0. The molecule has 1 heteroatoms. The van der Waals surface area contributed by atoms with Gasteiger partial charge in [-0.3, -0.25) is 4.98 Å². The minimum absolute atomic E-state index is 0.189. The molecule has 0 N–H and O–H groups in total. The molecular weight excluding hydrogens is 458 g/mol. The monoisotopic (exact) mass is 498 g/mol. The molecule has 0 aliphatic rings. The highest BCUT2D eigenvalue weighted by Gasteiger charge is 2.13. The summed E-state index contributed by atoms with van der Waals surface area (Å²) in [5.74, 6) is 1.14. The van der Waals surface area contributed by atoms with Gasteiger partial charge >= 0.3 is 0 Å². The molecule has 0 atom stereocenters. The highest BCUT2D eigenvalue weighted by molar-refractivity contribution is 6.19. The van der Waals surface area contributed by atoms with E-state index in [1.807, 2.05) is 24.4 Å². The number of hydrogen-bond acceptors (Lipinski definition) is 1. The van der Waals surface area contributed by atoms with Crippen molar-refractivity contribution in [3.05, 3.63) is 114 Å². The highest BCUT2D eigenvalue weighted by Crippen LogP contribution is 2.37. The largest absolute Gasteiger partial charge is 0.256 e. The first-order chi connectivity index (χ1) is 20.5. The summed E-state index contributed by atoms with van der Waals surface area (Å²) in [7, 11) is 0. The van der Waals surface area contributed by atoms with Crippen molar-refractivity contribution >= 4 is 32.3 Å². The van der Waals surface area contributed by atoms with E-state index in [4.69, 9.17) is 11.8 Å². The van der Waals surface area contributed by atoms with Crippen LogP contribution in [0.3, 0.4) is 0 Å². The van der Waals surface area contributed by atoms with Crippen LogP contribution >= 0.6 is 0 Å². The van der Waals surface area contributed by atoms with Crippen LogP contribution in [-0.2, 0) is 12.8 Å². The molecule has 0 aliphatic heterocycles. The fourth-order valence-corrected chi connectivity index (χ4v) is 5.67. The summed E-state index contributed by atoms with van der Waals surface area (Å²) in [5, 5.41) is 6.48. The number of benzene rings is 5. The minimum Gasteiger partial charge on any atom is -0.256 e. The Morgan fingerprint density at radius 1 is 0.579 bits per heavy atom. The van der Waals surface area contributed by atoms with Gasteiger partial charge in [-0.2, -0.15) is 0 Å². The summed E-state index contributed by atoms with van der Waals surface area (Å²) < 4.78 is 40.9. The summed E-state index contributed by atoms with van der Waals surface area (Å²) in [4.78, 5) is 4.89. The second-order valence-electron chi connectivity index (χ2n) is 11.2. The zero-order valence-corrected chi connectivity index (χ0v) is 22.4. The maximum atomic E-state index is 8.41. The predicted octanol–water partition coefficient (Wildman–Crippen LogP) is 10.3. The normalized spacial score (nSPS) is 13.7. The third kappa shape index (κ3) is 4.70. The van der Waals surface area contributed by atoms with Crippen molar-refractivity contribution in [1.82, 2.24) is 4.98 Å². The van der Waals surface area contributed by atoms with Crippen LogP contribution in [0.1, 0.15) is 45.7 Å². The molecule has 0 saturated heterocycles. The Morgan fingerprint density at radius 3 is 1.89 bits per heavy atom. The molecule has 0 unspecified atom stereocenters. The molecule has 1 heterocycles. The van der Waals surface area contributed by atoms with E-state index < -0.39 is 0 Å². The Hall–Kier alpha value is -3.97. The number of aromatic nitrogens is 1. The Kier molecular flexibility index (Phi) is 5.07. The van der Waals surface area contributed by atoms with Gasteiger partial charge in [-0.1, -0.05) is 100 Å². The molecular formula is C37H35N. The molecule has 188 valence electrons. The molecule has 5 aromatic carbocycles. The summed E-state index contributed by atoms with van der Waals surface area (Å²) in [6.45, 7) is 9.03. The van der Waals surface area contributed by atoms with E-state index in [-0.39, 0.29) is 35.8 Å². The summed E-state index contributed by atoms with van der Waals surface area (Å²) in [6.07, 6.45) is 3.97. The molecule has 0 saturated carbocycles. The lowest BCUT2D eigenvalue weighted by Gasteiger charge is -2.15. The molecule has 0 aliphatic carbocycles. The number of hydrogen-bond donors (Lipinski definition) is 0. The standard InChI is InChI=1S/C37H35N/c1-24(2)18-26-20-27(19-25(3)4)22-31(21-26)37-36-15-14-33-32-12-10-29(28-8-6-5-7-9-28)23-30(32)11-13-34(33)35(36)16-17-38-37/h5-17,20-25H,18-19H2,1-4H3/i5D,6D,7D,8D,9D. The fourth-order valence-electron chi connectivity index (χ4n) is 5.67. The fraction of sp³-hybridized carbons (Fsp3) is 0.216. The lowest BCUT2D eigenvalue weighted by Crippen LogP contribution is -2.00. The van der Waals surface area contributed by atoms with E-state index in [2.05, 4.69) is 76.2 Å². The van der Waals surface area contributed by atoms with Crippen LogP contribution in [0.15, 0.2) is 103 Å². The van der Waals surface area contributed by atoms with Gasteiger partial charge in [0, 0.05) is 17.1 Å². The van der Waals surface area contributed by atoms with Crippen molar-refractivity contribution in [3.8, 4) is 22.4 Å². The smallest absolute Gasteiger partial charge is 0.0780 e. The van der Waals surface area contributed by atoms with Gasteiger partial charge in [0.25, 0.3) is 0 Å².